The lowest BCUT2D eigenvalue weighted by molar-refractivity contribution is -0.000343. The zero-order valence-corrected chi connectivity index (χ0v) is 25.9. The van der Waals surface area contributed by atoms with Crippen molar-refractivity contribution < 1.29 is 14.0 Å². The van der Waals surface area contributed by atoms with Gasteiger partial charge in [0.1, 0.15) is 5.82 Å². The number of halogens is 2. The van der Waals surface area contributed by atoms with Gasteiger partial charge < -0.3 is 10.2 Å². The number of nitrogens with one attached hydrogen (secondary N) is 1. The topological polar surface area (TPSA) is 52.6 Å². The molecule has 0 radical (unpaired) electrons. The van der Waals surface area contributed by atoms with Crippen LogP contribution >= 0.6 is 11.6 Å². The first-order valence-electron chi connectivity index (χ1n) is 15.6. The summed E-state index contributed by atoms with van der Waals surface area (Å²) in [6.07, 6.45) is 8.26. The molecule has 5 nitrogen and oxygen atoms in total. The Labute approximate surface area is 259 Å². The number of nitrogens with zero attached hydrogens (tertiary/aromatic N) is 2. The van der Waals surface area contributed by atoms with Crippen molar-refractivity contribution in [3.63, 3.8) is 0 Å². The summed E-state index contributed by atoms with van der Waals surface area (Å²) in [5.41, 5.74) is 5.05. The number of fused-ring (bicyclic) bond motifs is 1. The first kappa shape index (κ1) is 29.8. The number of amides is 2. The Balaban J connectivity index is 1.07. The van der Waals surface area contributed by atoms with Gasteiger partial charge in [0.05, 0.1) is 10.6 Å². The first-order valence-corrected chi connectivity index (χ1v) is 16.0. The fourth-order valence-corrected chi connectivity index (χ4v) is 8.03. The molecule has 226 valence electrons. The van der Waals surface area contributed by atoms with E-state index in [-0.39, 0.29) is 34.5 Å². The smallest absolute Gasteiger partial charge is 0.253 e. The van der Waals surface area contributed by atoms with Crippen LogP contribution in [0.1, 0.15) is 88.3 Å². The van der Waals surface area contributed by atoms with Gasteiger partial charge in [-0.3, -0.25) is 14.5 Å². The summed E-state index contributed by atoms with van der Waals surface area (Å²) in [5.74, 6) is -0.0786. The molecule has 1 saturated carbocycles. The van der Waals surface area contributed by atoms with Crippen LogP contribution in [-0.4, -0.2) is 55.3 Å². The Morgan fingerprint density at radius 1 is 0.953 bits per heavy atom. The molecule has 3 aromatic carbocycles. The maximum Gasteiger partial charge on any atom is 0.253 e. The molecule has 1 saturated heterocycles. The van der Waals surface area contributed by atoms with E-state index >= 15 is 0 Å². The third kappa shape index (κ3) is 5.84. The molecular weight excluding hydrogens is 561 g/mol. The maximum atomic E-state index is 13.7. The zero-order chi connectivity index (χ0) is 30.2. The molecule has 1 unspecified atom stereocenters. The number of rotatable bonds is 6. The molecule has 43 heavy (non-hydrogen) atoms. The predicted molar refractivity (Wildman–Crippen MR) is 169 cm³/mol. The van der Waals surface area contributed by atoms with Gasteiger partial charge in [0.2, 0.25) is 0 Å². The molecule has 7 heteroatoms. The van der Waals surface area contributed by atoms with Gasteiger partial charge in [0, 0.05) is 36.7 Å². The van der Waals surface area contributed by atoms with Gasteiger partial charge in [-0.1, -0.05) is 41.9 Å². The van der Waals surface area contributed by atoms with Crippen molar-refractivity contribution in [2.24, 2.45) is 5.41 Å². The Bertz CT molecular complexity index is 1490. The highest BCUT2D eigenvalue weighted by atomic mass is 35.5. The number of carbonyl (C=O) groups excluding carboxylic acids is 2. The van der Waals surface area contributed by atoms with Gasteiger partial charge in [-0.05, 0) is 124 Å². The van der Waals surface area contributed by atoms with E-state index in [9.17, 15) is 14.0 Å². The second kappa shape index (κ2) is 12.0. The highest BCUT2D eigenvalue weighted by Crippen LogP contribution is 2.52. The van der Waals surface area contributed by atoms with Crippen molar-refractivity contribution in [1.29, 1.82) is 0 Å². The second-order valence-corrected chi connectivity index (χ2v) is 13.5. The van der Waals surface area contributed by atoms with Crippen LogP contribution < -0.4 is 5.32 Å². The van der Waals surface area contributed by atoms with E-state index in [1.165, 1.54) is 16.7 Å². The highest BCUT2D eigenvalue weighted by molar-refractivity contribution is 6.33. The molecule has 3 aromatic rings. The lowest BCUT2D eigenvalue weighted by atomic mass is 9.61. The summed E-state index contributed by atoms with van der Waals surface area (Å²) in [5, 5.41) is 3.50. The molecule has 1 spiro atoms. The van der Waals surface area contributed by atoms with E-state index in [1.807, 2.05) is 35.2 Å². The minimum Gasteiger partial charge on any atom is -0.351 e. The standard InChI is InChI=1S/C36H41ClFN3O2/c1-40(2)36(28-11-13-29(38)14-12-28)17-15-35(16-18-36)19-21-41(22-20-35)34(43)26-9-7-25-8-10-27(31(25)23-26)24-39-33(42)30-5-3-4-6-32(30)37/h3-7,9,11-14,23,27H,8,10,15-22,24H2,1-2H3,(H,39,42). The number of hydrogen-bond donors (Lipinski definition) is 1. The fraction of sp³-hybridized carbons (Fsp3) is 0.444. The molecule has 1 atom stereocenters. The van der Waals surface area contributed by atoms with E-state index in [1.54, 1.807) is 24.3 Å². The molecule has 2 fully saturated rings. The van der Waals surface area contributed by atoms with Crippen molar-refractivity contribution in [3.8, 4) is 0 Å². The van der Waals surface area contributed by atoms with Crippen molar-refractivity contribution in [3.05, 3.63) is 105 Å². The molecule has 3 aliphatic rings. The Morgan fingerprint density at radius 3 is 2.33 bits per heavy atom. The summed E-state index contributed by atoms with van der Waals surface area (Å²) in [4.78, 5) is 30.7. The number of likely N-dealkylation sites (tertiary alicyclic amines) is 1. The van der Waals surface area contributed by atoms with E-state index in [4.69, 9.17) is 11.6 Å². The molecule has 6 rings (SSSR count). The van der Waals surface area contributed by atoms with E-state index in [0.717, 1.165) is 70.0 Å². The Hall–Kier alpha value is -3.22. The summed E-state index contributed by atoms with van der Waals surface area (Å²) in [6.45, 7) is 2.07. The van der Waals surface area contributed by atoms with Crippen LogP contribution in [0.2, 0.25) is 5.02 Å². The van der Waals surface area contributed by atoms with Gasteiger partial charge in [0.15, 0.2) is 0 Å². The van der Waals surface area contributed by atoms with Gasteiger partial charge in [-0.15, -0.1) is 0 Å². The number of carbonyl (C=O) groups is 2. The normalized spacial score (nSPS) is 20.7. The predicted octanol–water partition coefficient (Wildman–Crippen LogP) is 7.19. The number of piperidine rings is 1. The first-order chi connectivity index (χ1) is 20.7. The molecule has 0 bridgehead atoms. The van der Waals surface area contributed by atoms with Crippen LogP contribution in [0.3, 0.4) is 0 Å². The third-order valence-corrected chi connectivity index (χ3v) is 11.0. The molecule has 1 aliphatic heterocycles. The molecule has 1 heterocycles. The van der Waals surface area contributed by atoms with Crippen molar-refractivity contribution in [2.45, 2.75) is 62.8 Å². The summed E-state index contributed by atoms with van der Waals surface area (Å²) < 4.78 is 13.6. The van der Waals surface area contributed by atoms with Crippen LogP contribution in [0.15, 0.2) is 66.7 Å². The lowest BCUT2D eigenvalue weighted by Crippen LogP contribution is -2.50. The van der Waals surface area contributed by atoms with Crippen LogP contribution in [0.25, 0.3) is 0 Å². The van der Waals surface area contributed by atoms with Crippen molar-refractivity contribution >= 4 is 23.4 Å². The fourth-order valence-electron chi connectivity index (χ4n) is 7.80. The lowest BCUT2D eigenvalue weighted by Gasteiger charge is -2.52. The maximum absolute atomic E-state index is 13.7. The molecule has 2 amide bonds. The second-order valence-electron chi connectivity index (χ2n) is 13.1. The van der Waals surface area contributed by atoms with E-state index in [0.29, 0.717) is 17.1 Å². The van der Waals surface area contributed by atoms with Gasteiger partial charge in [-0.2, -0.15) is 0 Å². The van der Waals surface area contributed by atoms with Crippen LogP contribution in [0.5, 0.6) is 0 Å². The SMILES string of the molecule is CN(C)C1(c2ccc(F)cc2)CCC2(CCN(C(=O)c3ccc4c(c3)C(CNC(=O)c3ccccc3Cl)CC4)CC2)CC1. The average molecular weight is 602 g/mol. The quantitative estimate of drug-likeness (QED) is 0.325. The molecular formula is C36H41ClFN3O2. The van der Waals surface area contributed by atoms with Crippen molar-refractivity contribution in [1.82, 2.24) is 15.1 Å². The highest BCUT2D eigenvalue weighted by Gasteiger charge is 2.46. The average Bonchev–Trinajstić information content (AvgIpc) is 3.43. The van der Waals surface area contributed by atoms with E-state index in [2.05, 4.69) is 36.4 Å². The summed E-state index contributed by atoms with van der Waals surface area (Å²) >= 11 is 6.21. The minimum atomic E-state index is -0.193. The number of aryl methyl sites for hydroxylation is 1. The minimum absolute atomic E-state index is 0.0698. The van der Waals surface area contributed by atoms with Crippen LogP contribution in [0, 0.1) is 11.2 Å². The van der Waals surface area contributed by atoms with Gasteiger partial charge in [0.25, 0.3) is 11.8 Å². The third-order valence-electron chi connectivity index (χ3n) is 10.7. The molecule has 1 N–H and O–H groups in total. The Morgan fingerprint density at radius 2 is 1.65 bits per heavy atom. The Kier molecular flexibility index (Phi) is 8.36. The molecule has 2 aliphatic carbocycles. The molecule has 0 aromatic heterocycles. The van der Waals surface area contributed by atoms with Gasteiger partial charge in [-0.25, -0.2) is 4.39 Å². The zero-order valence-electron chi connectivity index (χ0n) is 25.2. The van der Waals surface area contributed by atoms with Gasteiger partial charge >= 0.3 is 0 Å². The monoisotopic (exact) mass is 601 g/mol. The van der Waals surface area contributed by atoms with Crippen molar-refractivity contribution in [2.75, 3.05) is 33.7 Å². The number of benzene rings is 3. The summed E-state index contributed by atoms with van der Waals surface area (Å²) in [7, 11) is 4.27. The van der Waals surface area contributed by atoms with Crippen LogP contribution in [-0.2, 0) is 12.0 Å². The summed E-state index contributed by atoms with van der Waals surface area (Å²) in [6, 6.07) is 20.3. The largest absolute Gasteiger partial charge is 0.351 e. The number of hydrogen-bond acceptors (Lipinski definition) is 3. The van der Waals surface area contributed by atoms with Crippen LogP contribution in [0.4, 0.5) is 4.39 Å². The van der Waals surface area contributed by atoms with E-state index < -0.39 is 0 Å².